The number of benzene rings is 1. The molecule has 4 nitrogen and oxygen atoms in total. The molecule has 0 aliphatic rings. The second-order valence-corrected chi connectivity index (χ2v) is 7.15. The quantitative estimate of drug-likeness (QED) is 0.724. The minimum absolute atomic E-state index is 0.0257. The maximum atomic E-state index is 13.7. The highest BCUT2D eigenvalue weighted by molar-refractivity contribution is 7.89. The molecule has 0 radical (unpaired) electrons. The molecule has 3 N–H and O–H groups in total. The highest BCUT2D eigenvalue weighted by Crippen LogP contribution is 2.19. The van der Waals surface area contributed by atoms with Crippen molar-refractivity contribution in [1.29, 1.82) is 0 Å². The Morgan fingerprint density at radius 3 is 2.57 bits per heavy atom. The molecule has 1 atom stereocenters. The number of hydrogen-bond acceptors (Lipinski definition) is 3. The van der Waals surface area contributed by atoms with Crippen LogP contribution in [0.2, 0.25) is 0 Å². The SMILES string of the molecule is CCCCCC(C)NS(=O)(=O)c1cc(C)c(F)c(CN)c1. The molecule has 120 valence electrons. The topological polar surface area (TPSA) is 72.2 Å². The maximum Gasteiger partial charge on any atom is 0.240 e. The van der Waals surface area contributed by atoms with Gasteiger partial charge in [0.2, 0.25) is 10.0 Å². The van der Waals surface area contributed by atoms with Crippen molar-refractivity contribution < 1.29 is 12.8 Å². The maximum absolute atomic E-state index is 13.7. The van der Waals surface area contributed by atoms with Gasteiger partial charge in [-0.15, -0.1) is 0 Å². The second-order valence-electron chi connectivity index (χ2n) is 5.44. The van der Waals surface area contributed by atoms with E-state index in [1.54, 1.807) is 0 Å². The average molecular weight is 316 g/mol. The Morgan fingerprint density at radius 1 is 1.33 bits per heavy atom. The molecule has 0 aliphatic carbocycles. The summed E-state index contributed by atoms with van der Waals surface area (Å²) >= 11 is 0. The summed E-state index contributed by atoms with van der Waals surface area (Å²) in [5.74, 6) is -0.438. The van der Waals surface area contributed by atoms with E-state index >= 15 is 0 Å². The summed E-state index contributed by atoms with van der Waals surface area (Å²) in [6.07, 6.45) is 3.95. The molecule has 1 unspecified atom stereocenters. The van der Waals surface area contributed by atoms with Crippen LogP contribution in [0.5, 0.6) is 0 Å². The van der Waals surface area contributed by atoms with E-state index in [9.17, 15) is 12.8 Å². The molecule has 0 saturated carbocycles. The minimum atomic E-state index is -3.64. The van der Waals surface area contributed by atoms with Crippen LogP contribution in [0.25, 0.3) is 0 Å². The highest BCUT2D eigenvalue weighted by Gasteiger charge is 2.20. The van der Waals surface area contributed by atoms with Gasteiger partial charge >= 0.3 is 0 Å². The van der Waals surface area contributed by atoms with Crippen molar-refractivity contribution in [1.82, 2.24) is 4.72 Å². The van der Waals surface area contributed by atoms with Gasteiger partial charge in [0.25, 0.3) is 0 Å². The Bertz CT molecular complexity index is 573. The standard InChI is InChI=1S/C15H25FN2O2S/c1-4-5-6-7-12(3)18-21(19,20)14-8-11(2)15(16)13(9-14)10-17/h8-9,12,18H,4-7,10,17H2,1-3H3. The Balaban J connectivity index is 2.90. The largest absolute Gasteiger partial charge is 0.326 e. The van der Waals surface area contributed by atoms with Gasteiger partial charge in [-0.3, -0.25) is 0 Å². The molecule has 21 heavy (non-hydrogen) atoms. The molecule has 0 spiro atoms. The first kappa shape index (κ1) is 18.1. The molecule has 0 heterocycles. The summed E-state index contributed by atoms with van der Waals surface area (Å²) in [6.45, 7) is 5.46. The average Bonchev–Trinajstić information content (AvgIpc) is 2.41. The predicted octanol–water partition coefficient (Wildman–Crippen LogP) is 2.84. The summed E-state index contributed by atoms with van der Waals surface area (Å²) in [5, 5.41) is 0. The van der Waals surface area contributed by atoms with Crippen LogP contribution in [-0.4, -0.2) is 14.5 Å². The Labute approximate surface area is 127 Å². The van der Waals surface area contributed by atoms with E-state index in [0.29, 0.717) is 0 Å². The molecule has 0 fully saturated rings. The van der Waals surface area contributed by atoms with Gasteiger partial charge in [0, 0.05) is 18.2 Å². The van der Waals surface area contributed by atoms with Gasteiger partial charge in [-0.25, -0.2) is 17.5 Å². The summed E-state index contributed by atoms with van der Waals surface area (Å²) in [4.78, 5) is 0.0733. The molecular weight excluding hydrogens is 291 g/mol. The number of rotatable bonds is 8. The molecule has 0 aromatic heterocycles. The van der Waals surface area contributed by atoms with Crippen LogP contribution in [0, 0.1) is 12.7 Å². The first-order valence-corrected chi connectivity index (χ1v) is 8.81. The normalized spacial score (nSPS) is 13.4. The van der Waals surface area contributed by atoms with Crippen molar-refractivity contribution in [2.45, 2.75) is 63.9 Å². The fourth-order valence-electron chi connectivity index (χ4n) is 2.20. The van der Waals surface area contributed by atoms with Crippen LogP contribution >= 0.6 is 0 Å². The number of nitrogens with two attached hydrogens (primary N) is 1. The molecule has 0 saturated heterocycles. The van der Waals surface area contributed by atoms with Crippen LogP contribution in [0.4, 0.5) is 4.39 Å². The number of unbranched alkanes of at least 4 members (excludes halogenated alkanes) is 2. The molecule has 1 aromatic carbocycles. The van der Waals surface area contributed by atoms with Gasteiger partial charge in [0.05, 0.1) is 4.90 Å². The molecular formula is C15H25FN2O2S. The Hall–Kier alpha value is -0.980. The van der Waals surface area contributed by atoms with Gasteiger partial charge < -0.3 is 5.73 Å². The Kier molecular flexibility index (Phi) is 6.77. The summed E-state index contributed by atoms with van der Waals surface area (Å²) in [7, 11) is -3.64. The highest BCUT2D eigenvalue weighted by atomic mass is 32.2. The smallest absolute Gasteiger partial charge is 0.240 e. The number of halogens is 1. The van der Waals surface area contributed by atoms with Crippen molar-refractivity contribution in [3.8, 4) is 0 Å². The summed E-state index contributed by atoms with van der Waals surface area (Å²) in [6, 6.07) is 2.51. The van der Waals surface area contributed by atoms with Crippen molar-refractivity contribution in [2.24, 2.45) is 5.73 Å². The van der Waals surface area contributed by atoms with Gasteiger partial charge in [-0.2, -0.15) is 0 Å². The van der Waals surface area contributed by atoms with Crippen LogP contribution in [0.1, 0.15) is 50.7 Å². The minimum Gasteiger partial charge on any atom is -0.326 e. The predicted molar refractivity (Wildman–Crippen MR) is 83.0 cm³/mol. The fourth-order valence-corrected chi connectivity index (χ4v) is 3.62. The lowest BCUT2D eigenvalue weighted by Crippen LogP contribution is -2.32. The molecule has 0 bridgehead atoms. The van der Waals surface area contributed by atoms with Crippen LogP contribution in [0.3, 0.4) is 0 Å². The number of nitrogens with one attached hydrogen (secondary N) is 1. The lowest BCUT2D eigenvalue weighted by molar-refractivity contribution is 0.526. The van der Waals surface area contributed by atoms with Crippen LogP contribution < -0.4 is 10.5 Å². The number of hydrogen-bond donors (Lipinski definition) is 2. The van der Waals surface area contributed by atoms with Crippen LogP contribution in [0.15, 0.2) is 17.0 Å². The third-order valence-corrected chi connectivity index (χ3v) is 5.00. The lowest BCUT2D eigenvalue weighted by atomic mass is 10.1. The zero-order chi connectivity index (χ0) is 16.0. The van der Waals surface area contributed by atoms with Crippen LogP contribution in [-0.2, 0) is 16.6 Å². The Morgan fingerprint density at radius 2 is 2.00 bits per heavy atom. The zero-order valence-electron chi connectivity index (χ0n) is 12.9. The third kappa shape index (κ3) is 5.05. The van der Waals surface area contributed by atoms with Gasteiger partial charge in [-0.1, -0.05) is 26.2 Å². The monoisotopic (exact) mass is 316 g/mol. The molecule has 6 heteroatoms. The van der Waals surface area contributed by atoms with Gasteiger partial charge in [0.1, 0.15) is 5.82 Å². The molecule has 0 aliphatic heterocycles. The molecule has 0 amide bonds. The number of aryl methyl sites for hydroxylation is 1. The van der Waals surface area contributed by atoms with Gasteiger partial charge in [-0.05, 0) is 38.0 Å². The molecule has 1 aromatic rings. The third-order valence-electron chi connectivity index (χ3n) is 3.43. The van der Waals surface area contributed by atoms with Gasteiger partial charge in [0.15, 0.2) is 0 Å². The number of sulfonamides is 1. The first-order chi connectivity index (χ1) is 9.81. The fraction of sp³-hybridized carbons (Fsp3) is 0.600. The van der Waals surface area contributed by atoms with E-state index < -0.39 is 15.8 Å². The van der Waals surface area contributed by atoms with E-state index in [-0.39, 0.29) is 28.6 Å². The lowest BCUT2D eigenvalue weighted by Gasteiger charge is -2.15. The van der Waals surface area contributed by atoms with E-state index in [4.69, 9.17) is 5.73 Å². The first-order valence-electron chi connectivity index (χ1n) is 7.33. The van der Waals surface area contributed by atoms with E-state index in [1.807, 2.05) is 6.92 Å². The summed E-state index contributed by atoms with van der Waals surface area (Å²) in [5.41, 5.74) is 5.96. The van der Waals surface area contributed by atoms with Crippen molar-refractivity contribution in [3.05, 3.63) is 29.1 Å². The zero-order valence-corrected chi connectivity index (χ0v) is 13.8. The van der Waals surface area contributed by atoms with Crippen molar-refractivity contribution in [2.75, 3.05) is 0 Å². The second kappa shape index (κ2) is 7.87. The van der Waals surface area contributed by atoms with E-state index in [2.05, 4.69) is 11.6 Å². The van der Waals surface area contributed by atoms with E-state index in [0.717, 1.165) is 25.7 Å². The van der Waals surface area contributed by atoms with E-state index in [1.165, 1.54) is 19.1 Å². The van der Waals surface area contributed by atoms with Crippen molar-refractivity contribution >= 4 is 10.0 Å². The summed E-state index contributed by atoms with van der Waals surface area (Å²) < 4.78 is 41.0. The molecule has 1 rings (SSSR count). The van der Waals surface area contributed by atoms with Crippen molar-refractivity contribution in [3.63, 3.8) is 0 Å².